The number of methoxy groups -OCH3 is 1. The van der Waals surface area contributed by atoms with Crippen molar-refractivity contribution < 1.29 is 23.0 Å². The minimum Gasteiger partial charge on any atom is -0.493 e. The van der Waals surface area contributed by atoms with Crippen LogP contribution in [0.1, 0.15) is 18.9 Å². The van der Waals surface area contributed by atoms with Crippen molar-refractivity contribution in [2.45, 2.75) is 20.0 Å². The Morgan fingerprint density at radius 1 is 1.35 bits per heavy atom. The maximum Gasteiger partial charge on any atom is 0.179 e. The van der Waals surface area contributed by atoms with Crippen molar-refractivity contribution in [1.82, 2.24) is 0 Å². The van der Waals surface area contributed by atoms with E-state index in [1.807, 2.05) is 0 Å². The average molecular weight is 323 g/mol. The van der Waals surface area contributed by atoms with Crippen molar-refractivity contribution in [2.75, 3.05) is 25.2 Å². The molecule has 114 valence electrons. The summed E-state index contributed by atoms with van der Waals surface area (Å²) in [5.41, 5.74) is 0.618. The van der Waals surface area contributed by atoms with Crippen molar-refractivity contribution in [2.24, 2.45) is 0 Å². The molecule has 1 rings (SSSR count). The second-order valence-electron chi connectivity index (χ2n) is 4.21. The van der Waals surface area contributed by atoms with Crippen molar-refractivity contribution >= 4 is 21.4 Å². The normalized spacial score (nSPS) is 11.4. The molecule has 0 radical (unpaired) electrons. The molecule has 0 atom stereocenters. The second-order valence-corrected chi connectivity index (χ2v) is 7.09. The van der Waals surface area contributed by atoms with Crippen LogP contribution in [0.15, 0.2) is 12.1 Å². The number of ether oxygens (including phenoxy) is 2. The van der Waals surface area contributed by atoms with E-state index in [-0.39, 0.29) is 24.7 Å². The lowest BCUT2D eigenvalue weighted by Gasteiger charge is -2.13. The number of sulfone groups is 1. The first kappa shape index (κ1) is 17.1. The fourth-order valence-corrected chi connectivity index (χ4v) is 2.74. The maximum atomic E-state index is 11.4. The average Bonchev–Trinajstić information content (AvgIpc) is 2.44. The molecule has 20 heavy (non-hydrogen) atoms. The number of hydrogen-bond acceptors (Lipinski definition) is 5. The summed E-state index contributed by atoms with van der Waals surface area (Å²) in [4.78, 5) is 0. The van der Waals surface area contributed by atoms with Gasteiger partial charge in [0.15, 0.2) is 11.5 Å². The predicted molar refractivity (Wildman–Crippen MR) is 78.4 cm³/mol. The molecule has 0 fully saturated rings. The third-order valence-corrected chi connectivity index (χ3v) is 4.83. The topological polar surface area (TPSA) is 72.8 Å². The molecular formula is C13H19ClO5S. The molecule has 1 aromatic carbocycles. The molecular weight excluding hydrogens is 304 g/mol. The Kier molecular flexibility index (Phi) is 6.58. The number of aliphatic hydroxyl groups is 1. The minimum absolute atomic E-state index is 0.0815. The highest BCUT2D eigenvalue weighted by Gasteiger charge is 2.13. The Labute approximate surface area is 124 Å². The molecule has 0 spiro atoms. The lowest BCUT2D eigenvalue weighted by Crippen LogP contribution is -2.12. The Hall–Kier alpha value is -0.980. The van der Waals surface area contributed by atoms with Gasteiger partial charge in [-0.3, -0.25) is 0 Å². The minimum atomic E-state index is -2.99. The van der Waals surface area contributed by atoms with Gasteiger partial charge in [-0.15, -0.1) is 0 Å². The molecule has 0 unspecified atom stereocenters. The van der Waals surface area contributed by atoms with E-state index in [1.54, 1.807) is 19.1 Å². The molecule has 5 nitrogen and oxygen atoms in total. The molecule has 0 aliphatic carbocycles. The van der Waals surface area contributed by atoms with Crippen LogP contribution in [0.25, 0.3) is 0 Å². The van der Waals surface area contributed by atoms with Crippen LogP contribution in [0.4, 0.5) is 0 Å². The standard InChI is InChI=1S/C13H19ClO5S/c1-3-20(16,17)6-4-5-19-13-11(14)7-10(9-15)8-12(13)18-2/h7-8,15H,3-6,9H2,1-2H3. The van der Waals surface area contributed by atoms with Gasteiger partial charge in [-0.1, -0.05) is 18.5 Å². The summed E-state index contributed by atoms with van der Waals surface area (Å²) in [5.74, 6) is 0.987. The number of hydrogen-bond donors (Lipinski definition) is 1. The summed E-state index contributed by atoms with van der Waals surface area (Å²) < 4.78 is 33.3. The monoisotopic (exact) mass is 322 g/mol. The van der Waals surface area contributed by atoms with E-state index in [2.05, 4.69) is 0 Å². The van der Waals surface area contributed by atoms with Crippen LogP contribution in [0.5, 0.6) is 11.5 Å². The van der Waals surface area contributed by atoms with Gasteiger partial charge in [0.25, 0.3) is 0 Å². The molecule has 0 aromatic heterocycles. The van der Waals surface area contributed by atoms with Crippen LogP contribution in [0.2, 0.25) is 5.02 Å². The van der Waals surface area contributed by atoms with Gasteiger partial charge in [0.1, 0.15) is 9.84 Å². The van der Waals surface area contributed by atoms with Gasteiger partial charge in [-0.2, -0.15) is 0 Å². The van der Waals surface area contributed by atoms with E-state index >= 15 is 0 Å². The Morgan fingerprint density at radius 2 is 2.05 bits per heavy atom. The zero-order chi connectivity index (χ0) is 15.2. The summed E-state index contributed by atoms with van der Waals surface area (Å²) in [5, 5.41) is 9.41. The molecule has 0 heterocycles. The Balaban J connectivity index is 2.68. The molecule has 0 saturated heterocycles. The number of halogens is 1. The third kappa shape index (κ3) is 4.85. The first-order valence-electron chi connectivity index (χ1n) is 6.24. The molecule has 0 aliphatic rings. The summed E-state index contributed by atoms with van der Waals surface area (Å²) in [6.45, 7) is 1.70. The van der Waals surface area contributed by atoms with Crippen LogP contribution < -0.4 is 9.47 Å². The van der Waals surface area contributed by atoms with Gasteiger partial charge in [0.05, 0.1) is 31.1 Å². The summed E-state index contributed by atoms with van der Waals surface area (Å²) in [7, 11) is -1.51. The van der Waals surface area contributed by atoms with Gasteiger partial charge >= 0.3 is 0 Å². The zero-order valence-corrected chi connectivity index (χ0v) is 13.1. The van der Waals surface area contributed by atoms with E-state index in [9.17, 15) is 8.42 Å². The molecule has 1 aromatic rings. The van der Waals surface area contributed by atoms with Crippen molar-refractivity contribution in [3.05, 3.63) is 22.7 Å². The van der Waals surface area contributed by atoms with Gasteiger partial charge in [0.2, 0.25) is 0 Å². The van der Waals surface area contributed by atoms with Crippen LogP contribution in [0, 0.1) is 0 Å². The van der Waals surface area contributed by atoms with E-state index in [0.29, 0.717) is 28.5 Å². The van der Waals surface area contributed by atoms with Gasteiger partial charge in [0, 0.05) is 5.75 Å². The largest absolute Gasteiger partial charge is 0.493 e. The Bertz CT molecular complexity index is 542. The van der Waals surface area contributed by atoms with E-state index < -0.39 is 9.84 Å². The van der Waals surface area contributed by atoms with Gasteiger partial charge in [-0.25, -0.2) is 8.42 Å². The first-order chi connectivity index (χ1) is 9.43. The number of rotatable bonds is 8. The first-order valence-corrected chi connectivity index (χ1v) is 8.44. The fourth-order valence-electron chi connectivity index (χ4n) is 1.60. The van der Waals surface area contributed by atoms with Crippen LogP contribution in [0.3, 0.4) is 0 Å². The lowest BCUT2D eigenvalue weighted by molar-refractivity contribution is 0.277. The predicted octanol–water partition coefficient (Wildman–Crippen LogP) is 2.04. The summed E-state index contributed by atoms with van der Waals surface area (Å²) in [6, 6.07) is 3.21. The lowest BCUT2D eigenvalue weighted by atomic mass is 10.2. The number of aliphatic hydroxyl groups excluding tert-OH is 1. The van der Waals surface area contributed by atoms with Crippen LogP contribution >= 0.6 is 11.6 Å². The fraction of sp³-hybridized carbons (Fsp3) is 0.538. The highest BCUT2D eigenvalue weighted by Crippen LogP contribution is 2.36. The SMILES string of the molecule is CCS(=O)(=O)CCCOc1c(Cl)cc(CO)cc1OC. The van der Waals surface area contributed by atoms with Crippen LogP contribution in [-0.4, -0.2) is 38.7 Å². The third-order valence-electron chi connectivity index (χ3n) is 2.76. The smallest absolute Gasteiger partial charge is 0.179 e. The van der Waals surface area contributed by atoms with Gasteiger partial charge < -0.3 is 14.6 Å². The van der Waals surface area contributed by atoms with E-state index in [4.69, 9.17) is 26.2 Å². The van der Waals surface area contributed by atoms with E-state index in [0.717, 1.165) is 0 Å². The van der Waals surface area contributed by atoms with Crippen molar-refractivity contribution in [1.29, 1.82) is 0 Å². The molecule has 0 saturated carbocycles. The highest BCUT2D eigenvalue weighted by atomic mass is 35.5. The molecule has 0 bridgehead atoms. The summed E-state index contributed by atoms with van der Waals surface area (Å²) in [6.07, 6.45) is 0.386. The Morgan fingerprint density at radius 3 is 2.60 bits per heavy atom. The van der Waals surface area contributed by atoms with Crippen LogP contribution in [-0.2, 0) is 16.4 Å². The van der Waals surface area contributed by atoms with E-state index in [1.165, 1.54) is 7.11 Å². The zero-order valence-electron chi connectivity index (χ0n) is 11.6. The maximum absolute atomic E-state index is 11.4. The molecule has 7 heteroatoms. The molecule has 1 N–H and O–H groups in total. The highest BCUT2D eigenvalue weighted by molar-refractivity contribution is 7.91. The summed E-state index contributed by atoms with van der Waals surface area (Å²) >= 11 is 6.05. The molecule has 0 amide bonds. The quantitative estimate of drug-likeness (QED) is 0.741. The van der Waals surface area contributed by atoms with Crippen molar-refractivity contribution in [3.63, 3.8) is 0 Å². The molecule has 0 aliphatic heterocycles. The number of benzene rings is 1. The van der Waals surface area contributed by atoms with Crippen molar-refractivity contribution in [3.8, 4) is 11.5 Å². The second kappa shape index (κ2) is 7.71. The van der Waals surface area contributed by atoms with Gasteiger partial charge in [-0.05, 0) is 24.1 Å².